The molecule has 1 unspecified atom stereocenters. The molecule has 3 heterocycles. The number of nitrogens with one attached hydrogen (secondary N) is 1. The van der Waals surface area contributed by atoms with Gasteiger partial charge in [0.25, 0.3) is 0 Å². The first-order chi connectivity index (χ1) is 9.67. The van der Waals surface area contributed by atoms with Crippen LogP contribution < -0.4 is 4.74 Å². The number of pyridine rings is 1. The zero-order valence-corrected chi connectivity index (χ0v) is 12.7. The summed E-state index contributed by atoms with van der Waals surface area (Å²) in [6, 6.07) is 3.83. The fraction of sp³-hybridized carbons (Fsp3) is 0.571. The molecule has 0 aromatic carbocycles. The molecule has 5 nitrogen and oxygen atoms in total. The molecule has 0 radical (unpaired) electrons. The fourth-order valence-corrected chi connectivity index (χ4v) is 3.25. The molecule has 1 N–H and O–H groups in total. The SMILES string of the molecule is COc1ccc2[nH]c(=S)n(CC3CCCN(C)C3)c2n1. The molecule has 2 aromatic rings. The summed E-state index contributed by atoms with van der Waals surface area (Å²) < 4.78 is 8.07. The summed E-state index contributed by atoms with van der Waals surface area (Å²) in [7, 11) is 3.82. The molecule has 20 heavy (non-hydrogen) atoms. The molecule has 6 heteroatoms. The average molecular weight is 292 g/mol. The lowest BCUT2D eigenvalue weighted by Gasteiger charge is -2.29. The molecule has 108 valence electrons. The molecule has 0 bridgehead atoms. The molecule has 1 aliphatic rings. The summed E-state index contributed by atoms with van der Waals surface area (Å²) in [6.07, 6.45) is 2.51. The van der Waals surface area contributed by atoms with Crippen molar-refractivity contribution in [3.8, 4) is 5.88 Å². The van der Waals surface area contributed by atoms with Crippen molar-refractivity contribution in [2.75, 3.05) is 27.2 Å². The van der Waals surface area contributed by atoms with E-state index in [0.29, 0.717) is 11.8 Å². The van der Waals surface area contributed by atoms with Gasteiger partial charge in [0, 0.05) is 19.2 Å². The Morgan fingerprint density at radius 1 is 1.50 bits per heavy atom. The third-order valence-corrected chi connectivity index (χ3v) is 4.29. The first kappa shape index (κ1) is 13.6. The van der Waals surface area contributed by atoms with Gasteiger partial charge in [0.2, 0.25) is 5.88 Å². The smallest absolute Gasteiger partial charge is 0.215 e. The number of aromatic amines is 1. The second-order valence-electron chi connectivity index (χ2n) is 5.54. The summed E-state index contributed by atoms with van der Waals surface area (Å²) in [5, 5.41) is 0. The van der Waals surface area contributed by atoms with Crippen molar-refractivity contribution >= 4 is 23.4 Å². The van der Waals surface area contributed by atoms with Crippen molar-refractivity contribution in [2.24, 2.45) is 5.92 Å². The summed E-state index contributed by atoms with van der Waals surface area (Å²) >= 11 is 5.44. The Labute approximate surface area is 123 Å². The van der Waals surface area contributed by atoms with Crippen LogP contribution in [0.15, 0.2) is 12.1 Å². The number of aromatic nitrogens is 3. The van der Waals surface area contributed by atoms with Gasteiger partial charge in [0.15, 0.2) is 10.4 Å². The Balaban J connectivity index is 1.93. The lowest BCUT2D eigenvalue weighted by molar-refractivity contribution is 0.195. The number of imidazole rings is 1. The van der Waals surface area contributed by atoms with E-state index in [1.165, 1.54) is 19.4 Å². The third kappa shape index (κ3) is 2.58. The summed E-state index contributed by atoms with van der Waals surface area (Å²) in [6.45, 7) is 3.24. The van der Waals surface area contributed by atoms with E-state index in [9.17, 15) is 0 Å². The quantitative estimate of drug-likeness (QED) is 0.883. The van der Waals surface area contributed by atoms with Crippen LogP contribution in [0.25, 0.3) is 11.2 Å². The Morgan fingerprint density at radius 2 is 2.35 bits per heavy atom. The van der Waals surface area contributed by atoms with Crippen molar-refractivity contribution in [3.05, 3.63) is 16.9 Å². The molecular weight excluding hydrogens is 272 g/mol. The predicted octanol–water partition coefficient (Wildman–Crippen LogP) is 2.44. The number of methoxy groups -OCH3 is 1. The molecule has 3 rings (SSSR count). The lowest BCUT2D eigenvalue weighted by Crippen LogP contribution is -2.34. The van der Waals surface area contributed by atoms with Gasteiger partial charge < -0.3 is 19.2 Å². The number of likely N-dealkylation sites (tertiary alicyclic amines) is 1. The monoisotopic (exact) mass is 292 g/mol. The molecule has 1 saturated heterocycles. The molecule has 0 amide bonds. The highest BCUT2D eigenvalue weighted by molar-refractivity contribution is 7.71. The van der Waals surface area contributed by atoms with Crippen LogP contribution in [0, 0.1) is 10.7 Å². The lowest BCUT2D eigenvalue weighted by atomic mass is 9.98. The highest BCUT2D eigenvalue weighted by Gasteiger charge is 2.19. The van der Waals surface area contributed by atoms with E-state index < -0.39 is 0 Å². The summed E-state index contributed by atoms with van der Waals surface area (Å²) in [5.41, 5.74) is 1.86. The Hall–Kier alpha value is -1.40. The normalized spacial score (nSPS) is 20.4. The maximum atomic E-state index is 5.44. The third-order valence-electron chi connectivity index (χ3n) is 3.96. The van der Waals surface area contributed by atoms with E-state index in [2.05, 4.69) is 26.5 Å². The molecular formula is C14H20N4OS. The van der Waals surface area contributed by atoms with Crippen molar-refractivity contribution in [1.82, 2.24) is 19.4 Å². The zero-order chi connectivity index (χ0) is 14.1. The van der Waals surface area contributed by atoms with Gasteiger partial charge in [-0.15, -0.1) is 0 Å². The van der Waals surface area contributed by atoms with Crippen molar-refractivity contribution in [3.63, 3.8) is 0 Å². The molecule has 0 aliphatic carbocycles. The fourth-order valence-electron chi connectivity index (χ4n) is 2.98. The second-order valence-corrected chi connectivity index (χ2v) is 5.92. The van der Waals surface area contributed by atoms with E-state index in [1.807, 2.05) is 12.1 Å². The molecule has 0 spiro atoms. The van der Waals surface area contributed by atoms with Crippen LogP contribution in [0.2, 0.25) is 0 Å². The summed E-state index contributed by atoms with van der Waals surface area (Å²) in [4.78, 5) is 10.1. The van der Waals surface area contributed by atoms with Gasteiger partial charge in [0.05, 0.1) is 12.6 Å². The van der Waals surface area contributed by atoms with Crippen LogP contribution in [0.4, 0.5) is 0 Å². The number of hydrogen-bond donors (Lipinski definition) is 1. The maximum Gasteiger partial charge on any atom is 0.215 e. The topological polar surface area (TPSA) is 46.1 Å². The number of rotatable bonds is 3. The van der Waals surface area contributed by atoms with Crippen LogP contribution in [-0.4, -0.2) is 46.7 Å². The zero-order valence-electron chi connectivity index (χ0n) is 11.9. The van der Waals surface area contributed by atoms with Crippen LogP contribution in [0.5, 0.6) is 5.88 Å². The van der Waals surface area contributed by atoms with Crippen LogP contribution >= 0.6 is 12.2 Å². The first-order valence-corrected chi connectivity index (χ1v) is 7.40. The number of hydrogen-bond acceptors (Lipinski definition) is 4. The first-order valence-electron chi connectivity index (χ1n) is 6.99. The highest BCUT2D eigenvalue weighted by Crippen LogP contribution is 2.21. The predicted molar refractivity (Wildman–Crippen MR) is 81.7 cm³/mol. The molecule has 2 aromatic heterocycles. The van der Waals surface area contributed by atoms with Crippen LogP contribution in [-0.2, 0) is 6.54 Å². The van der Waals surface area contributed by atoms with Gasteiger partial charge >= 0.3 is 0 Å². The van der Waals surface area contributed by atoms with Crippen LogP contribution in [0.3, 0.4) is 0 Å². The van der Waals surface area contributed by atoms with Gasteiger partial charge in [-0.1, -0.05) is 0 Å². The highest BCUT2D eigenvalue weighted by atomic mass is 32.1. The second kappa shape index (κ2) is 5.54. The molecule has 1 atom stereocenters. The van der Waals surface area contributed by atoms with E-state index >= 15 is 0 Å². The Morgan fingerprint density at radius 3 is 3.10 bits per heavy atom. The number of nitrogens with zero attached hydrogens (tertiary/aromatic N) is 3. The number of H-pyrrole nitrogens is 1. The minimum atomic E-state index is 0.626. The average Bonchev–Trinajstić information content (AvgIpc) is 2.74. The van der Waals surface area contributed by atoms with E-state index in [0.717, 1.165) is 29.0 Å². The van der Waals surface area contributed by atoms with Crippen LogP contribution in [0.1, 0.15) is 12.8 Å². The molecule has 1 fully saturated rings. The van der Waals surface area contributed by atoms with E-state index in [4.69, 9.17) is 17.0 Å². The van der Waals surface area contributed by atoms with E-state index in [-0.39, 0.29) is 0 Å². The van der Waals surface area contributed by atoms with Gasteiger partial charge in [-0.25, -0.2) is 0 Å². The van der Waals surface area contributed by atoms with Gasteiger partial charge in [0.1, 0.15) is 0 Å². The Kier molecular flexibility index (Phi) is 3.76. The van der Waals surface area contributed by atoms with Gasteiger partial charge in [-0.05, 0) is 50.6 Å². The number of piperidine rings is 1. The minimum absolute atomic E-state index is 0.626. The largest absolute Gasteiger partial charge is 0.481 e. The standard InChI is InChI=1S/C14H20N4OS/c1-17-7-3-4-10(8-17)9-18-13-11(15-14(18)20)5-6-12(16-13)19-2/h5-6,10H,3-4,7-9H2,1-2H3,(H,15,20). The molecule has 1 aliphatic heterocycles. The van der Waals surface area contributed by atoms with Gasteiger partial charge in [-0.2, -0.15) is 4.98 Å². The van der Waals surface area contributed by atoms with Gasteiger partial charge in [-0.3, -0.25) is 0 Å². The molecule has 0 saturated carbocycles. The van der Waals surface area contributed by atoms with E-state index in [1.54, 1.807) is 7.11 Å². The van der Waals surface area contributed by atoms with Crippen molar-refractivity contribution in [2.45, 2.75) is 19.4 Å². The maximum absolute atomic E-state index is 5.44. The Bertz CT molecular complexity index is 663. The number of fused-ring (bicyclic) bond motifs is 1. The summed E-state index contributed by atoms with van der Waals surface area (Å²) in [5.74, 6) is 1.26. The number of ether oxygens (including phenoxy) is 1. The van der Waals surface area contributed by atoms with Crippen molar-refractivity contribution in [1.29, 1.82) is 0 Å². The van der Waals surface area contributed by atoms with Crippen molar-refractivity contribution < 1.29 is 4.74 Å². The minimum Gasteiger partial charge on any atom is -0.481 e.